The van der Waals surface area contributed by atoms with E-state index in [0.29, 0.717) is 0 Å². The van der Waals surface area contributed by atoms with Gasteiger partial charge in [0.25, 0.3) is 0 Å². The van der Waals surface area contributed by atoms with Crippen LogP contribution in [0.15, 0.2) is 133 Å². The highest BCUT2D eigenvalue weighted by Crippen LogP contribution is 2.70. The summed E-state index contributed by atoms with van der Waals surface area (Å²) in [7, 11) is 0. The third-order valence-corrected chi connectivity index (χ3v) is 15.2. The fourth-order valence-electron chi connectivity index (χ4n) is 12.4. The van der Waals surface area contributed by atoms with Gasteiger partial charge in [-0.25, -0.2) is 0 Å². The van der Waals surface area contributed by atoms with Crippen LogP contribution in [0.5, 0.6) is 11.5 Å². The van der Waals surface area contributed by atoms with Crippen molar-refractivity contribution in [1.29, 1.82) is 0 Å². The van der Waals surface area contributed by atoms with Gasteiger partial charge in [0.2, 0.25) is 0 Å². The molecule has 7 aromatic carbocycles. The van der Waals surface area contributed by atoms with E-state index in [-0.39, 0.29) is 5.41 Å². The van der Waals surface area contributed by atoms with E-state index in [4.69, 9.17) is 4.74 Å². The first kappa shape index (κ1) is 28.4. The third kappa shape index (κ3) is 3.54. The van der Waals surface area contributed by atoms with E-state index >= 15 is 0 Å². The lowest BCUT2D eigenvalue weighted by molar-refractivity contribution is -0.0399. The minimum absolute atomic E-state index is 0.165. The average molecular weight is 685 g/mol. The van der Waals surface area contributed by atoms with E-state index < -0.39 is 0 Å². The molecular formula is C50H36OS. The maximum absolute atomic E-state index is 6.75. The first-order valence-electron chi connectivity index (χ1n) is 19.3. The summed E-state index contributed by atoms with van der Waals surface area (Å²) >= 11 is 1.87. The number of rotatable bonds is 2. The Kier molecular flexibility index (Phi) is 5.48. The number of hydrogen-bond donors (Lipinski definition) is 0. The Hall–Kier alpha value is -5.18. The normalized spacial score (nSPS) is 24.4. The van der Waals surface area contributed by atoms with E-state index in [1.807, 2.05) is 11.3 Å². The molecule has 4 saturated carbocycles. The molecule has 1 spiro atoms. The second-order valence-electron chi connectivity index (χ2n) is 16.4. The summed E-state index contributed by atoms with van der Waals surface area (Å²) in [4.78, 5) is 0. The van der Waals surface area contributed by atoms with Crippen molar-refractivity contribution < 1.29 is 4.74 Å². The van der Waals surface area contributed by atoms with Gasteiger partial charge in [0, 0.05) is 36.5 Å². The molecule has 0 N–H and O–H groups in total. The molecule has 5 aliphatic carbocycles. The van der Waals surface area contributed by atoms with Crippen LogP contribution in [0.4, 0.5) is 0 Å². The van der Waals surface area contributed by atoms with Crippen molar-refractivity contribution in [3.63, 3.8) is 0 Å². The molecule has 0 unspecified atom stereocenters. The molecule has 1 aromatic heterocycles. The van der Waals surface area contributed by atoms with E-state index in [9.17, 15) is 0 Å². The zero-order valence-corrected chi connectivity index (χ0v) is 29.7. The van der Waals surface area contributed by atoms with Crippen molar-refractivity contribution in [2.45, 2.75) is 37.5 Å². The summed E-state index contributed by atoms with van der Waals surface area (Å²) in [5.74, 6) is 5.28. The van der Waals surface area contributed by atoms with Crippen molar-refractivity contribution in [2.75, 3.05) is 0 Å². The summed E-state index contributed by atoms with van der Waals surface area (Å²) in [5, 5.41) is 5.16. The number of ether oxygens (including phenoxy) is 1. The summed E-state index contributed by atoms with van der Waals surface area (Å²) in [5.41, 5.74) is 13.9. The molecule has 2 heteroatoms. The lowest BCUT2D eigenvalue weighted by Crippen LogP contribution is -2.55. The van der Waals surface area contributed by atoms with Gasteiger partial charge in [-0.3, -0.25) is 0 Å². The van der Waals surface area contributed by atoms with Gasteiger partial charge >= 0.3 is 0 Å². The van der Waals surface area contributed by atoms with Gasteiger partial charge in [0.05, 0.1) is 0 Å². The van der Waals surface area contributed by atoms with Gasteiger partial charge in [-0.1, -0.05) is 97.1 Å². The largest absolute Gasteiger partial charge is 0.456 e. The van der Waals surface area contributed by atoms with Gasteiger partial charge in [-0.2, -0.15) is 0 Å². The number of fused-ring (bicyclic) bond motifs is 8. The Morgan fingerprint density at radius 1 is 0.462 bits per heavy atom. The van der Waals surface area contributed by atoms with Crippen LogP contribution in [0.2, 0.25) is 0 Å². The Labute approximate surface area is 307 Å². The highest BCUT2D eigenvalue weighted by Gasteiger charge is 2.61. The van der Waals surface area contributed by atoms with Crippen molar-refractivity contribution >= 4 is 42.3 Å². The molecule has 2 heterocycles. The summed E-state index contributed by atoms with van der Waals surface area (Å²) < 4.78 is 9.43. The monoisotopic (exact) mass is 684 g/mol. The smallest absolute Gasteiger partial charge is 0.135 e. The quantitative estimate of drug-likeness (QED) is 0.176. The van der Waals surface area contributed by atoms with Crippen LogP contribution < -0.4 is 4.74 Å². The Morgan fingerprint density at radius 2 is 1.13 bits per heavy atom. The lowest BCUT2D eigenvalue weighted by Gasteiger charge is -2.61. The first-order valence-corrected chi connectivity index (χ1v) is 20.1. The third-order valence-electron chi connectivity index (χ3n) is 14.1. The van der Waals surface area contributed by atoms with Crippen molar-refractivity contribution in [3.8, 4) is 56.0 Å². The molecule has 52 heavy (non-hydrogen) atoms. The highest BCUT2D eigenvalue weighted by atomic mass is 32.1. The van der Waals surface area contributed by atoms with Gasteiger partial charge in [-0.05, 0) is 148 Å². The summed E-state index contributed by atoms with van der Waals surface area (Å²) in [6.45, 7) is 0. The second kappa shape index (κ2) is 10.0. The van der Waals surface area contributed by atoms with E-state index in [1.54, 1.807) is 11.1 Å². The van der Waals surface area contributed by atoms with Gasteiger partial charge < -0.3 is 4.74 Å². The molecule has 248 valence electrons. The predicted octanol–water partition coefficient (Wildman–Crippen LogP) is 14.0. The molecule has 1 aliphatic heterocycles. The lowest BCUT2D eigenvalue weighted by atomic mass is 9.43. The van der Waals surface area contributed by atoms with Crippen molar-refractivity contribution in [2.24, 2.45) is 23.7 Å². The van der Waals surface area contributed by atoms with E-state index in [2.05, 4.69) is 133 Å². The van der Waals surface area contributed by atoms with Gasteiger partial charge in [0.15, 0.2) is 0 Å². The van der Waals surface area contributed by atoms with Crippen LogP contribution in [-0.2, 0) is 5.41 Å². The summed E-state index contributed by atoms with van der Waals surface area (Å²) in [6.07, 6.45) is 7.10. The fraction of sp³-hybridized carbons (Fsp3) is 0.200. The molecule has 0 amide bonds. The molecular weight excluding hydrogens is 649 g/mol. The maximum atomic E-state index is 6.75. The average Bonchev–Trinajstić information content (AvgIpc) is 3.70. The topological polar surface area (TPSA) is 9.23 Å². The molecule has 0 radical (unpaired) electrons. The van der Waals surface area contributed by atoms with Crippen LogP contribution in [0, 0.1) is 23.7 Å². The van der Waals surface area contributed by atoms with Crippen LogP contribution in [0.1, 0.15) is 43.2 Å². The summed E-state index contributed by atoms with van der Waals surface area (Å²) in [6, 6.07) is 50.7. The molecule has 6 aliphatic rings. The predicted molar refractivity (Wildman–Crippen MR) is 216 cm³/mol. The van der Waals surface area contributed by atoms with Crippen molar-refractivity contribution in [3.05, 3.63) is 145 Å². The SMILES string of the molecule is c1ccc2c(c1)-c1c(-c3ccc4c5c(cccc35)-c3cc(-c5ccc6sc7ccccc7c6c5)ccc3O4)cccc1C21C2CC3CC(C2)CC1C3. The van der Waals surface area contributed by atoms with E-state index in [1.165, 1.54) is 108 Å². The number of hydrogen-bond acceptors (Lipinski definition) is 2. The molecule has 1 nitrogen and oxygen atoms in total. The van der Waals surface area contributed by atoms with Gasteiger partial charge in [0.1, 0.15) is 11.5 Å². The van der Waals surface area contributed by atoms with Crippen LogP contribution in [-0.4, -0.2) is 0 Å². The van der Waals surface area contributed by atoms with E-state index in [0.717, 1.165) is 35.2 Å². The maximum Gasteiger partial charge on any atom is 0.135 e. The molecule has 0 atom stereocenters. The molecule has 4 fully saturated rings. The van der Waals surface area contributed by atoms with Crippen molar-refractivity contribution in [1.82, 2.24) is 0 Å². The minimum atomic E-state index is 0.165. The zero-order chi connectivity index (χ0) is 33.7. The van der Waals surface area contributed by atoms with Crippen LogP contribution in [0.25, 0.3) is 75.5 Å². The fourth-order valence-corrected chi connectivity index (χ4v) is 13.5. The Bertz CT molecular complexity index is 2830. The molecule has 8 aromatic rings. The standard InChI is InChI=1S/C50H36OS/c1-3-12-42-39(8-1)48-36(11-6-13-43(48)50(42)32-22-28-21-29(24-32)25-33(50)23-28)34-17-19-45-49-37(34)9-5-10-38(49)40-26-30(15-18-44(40)51-45)31-16-20-47-41(27-31)35-7-2-4-14-46(35)52-47/h1-20,26-29,32-33H,21-25H2. The second-order valence-corrected chi connectivity index (χ2v) is 17.5. The van der Waals surface area contributed by atoms with Gasteiger partial charge in [-0.15, -0.1) is 11.3 Å². The number of benzene rings is 7. The zero-order valence-electron chi connectivity index (χ0n) is 28.9. The first-order chi connectivity index (χ1) is 25.7. The molecule has 0 saturated heterocycles. The minimum Gasteiger partial charge on any atom is -0.456 e. The Balaban J connectivity index is 0.989. The van der Waals surface area contributed by atoms with Crippen LogP contribution >= 0.6 is 11.3 Å². The van der Waals surface area contributed by atoms with Crippen LogP contribution in [0.3, 0.4) is 0 Å². The molecule has 14 rings (SSSR count). The number of thiophene rings is 1. The molecule has 4 bridgehead atoms. The highest BCUT2D eigenvalue weighted by molar-refractivity contribution is 7.25. The Morgan fingerprint density at radius 3 is 2.04 bits per heavy atom.